The van der Waals surface area contributed by atoms with Crippen LogP contribution in [0.25, 0.3) is 0 Å². The van der Waals surface area contributed by atoms with Crippen LogP contribution in [0.2, 0.25) is 0 Å². The average molecular weight is 462 g/mol. The van der Waals surface area contributed by atoms with Crippen LogP contribution < -0.4 is 27.4 Å². The molecular formula is C19H35N5O8. The molecule has 0 rings (SSSR count). The molecule has 0 aliphatic carbocycles. The van der Waals surface area contributed by atoms with Crippen molar-refractivity contribution >= 4 is 29.7 Å². The van der Waals surface area contributed by atoms with Crippen LogP contribution in [0.3, 0.4) is 0 Å². The van der Waals surface area contributed by atoms with Crippen LogP contribution in [0.5, 0.6) is 0 Å². The molecule has 13 heteroatoms. The summed E-state index contributed by atoms with van der Waals surface area (Å²) in [7, 11) is 0. The van der Waals surface area contributed by atoms with E-state index >= 15 is 0 Å². The van der Waals surface area contributed by atoms with Gasteiger partial charge in [0.25, 0.3) is 0 Å². The number of aliphatic hydroxyl groups excluding tert-OH is 1. The zero-order chi connectivity index (χ0) is 24.8. The SMILES string of the molecule is CC(C)CC(N)C(=O)NC(CO)C(=O)NC(CC(=O)O)C(=O)NC(CCCCN)C(=O)O. The van der Waals surface area contributed by atoms with E-state index in [1.54, 1.807) is 0 Å². The maximum Gasteiger partial charge on any atom is 0.326 e. The topological polar surface area (TPSA) is 234 Å². The number of nitrogens with one attached hydrogen (secondary N) is 3. The van der Waals surface area contributed by atoms with Crippen LogP contribution in [-0.2, 0) is 24.0 Å². The van der Waals surface area contributed by atoms with Gasteiger partial charge in [0.05, 0.1) is 19.1 Å². The standard InChI is InChI=1S/C19H35N5O8/c1-10(2)7-11(21)16(28)24-14(9-25)18(30)23-13(8-15(26)27)17(29)22-12(19(31)32)5-3-4-6-20/h10-14,25H,3-9,20-21H2,1-2H3,(H,22,29)(H,23,30)(H,24,28)(H,26,27)(H,31,32). The van der Waals surface area contributed by atoms with Crippen LogP contribution in [0, 0.1) is 5.92 Å². The highest BCUT2D eigenvalue weighted by Crippen LogP contribution is 2.05. The molecule has 10 N–H and O–H groups in total. The Labute approximate surface area is 186 Å². The fourth-order valence-corrected chi connectivity index (χ4v) is 2.77. The van der Waals surface area contributed by atoms with Gasteiger partial charge in [0.2, 0.25) is 17.7 Å². The molecule has 0 radical (unpaired) electrons. The summed E-state index contributed by atoms with van der Waals surface area (Å²) in [4.78, 5) is 59.6. The first-order valence-electron chi connectivity index (χ1n) is 10.3. The van der Waals surface area contributed by atoms with Crippen molar-refractivity contribution in [1.82, 2.24) is 16.0 Å². The van der Waals surface area contributed by atoms with Crippen molar-refractivity contribution in [3.63, 3.8) is 0 Å². The molecule has 4 unspecified atom stereocenters. The summed E-state index contributed by atoms with van der Waals surface area (Å²) < 4.78 is 0. The summed E-state index contributed by atoms with van der Waals surface area (Å²) in [5.41, 5.74) is 11.1. The molecule has 0 aromatic heterocycles. The highest BCUT2D eigenvalue weighted by molar-refractivity contribution is 5.95. The smallest absolute Gasteiger partial charge is 0.326 e. The van der Waals surface area contributed by atoms with Crippen molar-refractivity contribution in [1.29, 1.82) is 0 Å². The van der Waals surface area contributed by atoms with Gasteiger partial charge in [-0.3, -0.25) is 19.2 Å². The molecule has 0 aromatic rings. The Morgan fingerprint density at radius 1 is 0.844 bits per heavy atom. The van der Waals surface area contributed by atoms with E-state index in [2.05, 4.69) is 16.0 Å². The predicted octanol–water partition coefficient (Wildman–Crippen LogP) is -2.51. The van der Waals surface area contributed by atoms with Crippen LogP contribution >= 0.6 is 0 Å². The van der Waals surface area contributed by atoms with Crippen molar-refractivity contribution in [2.24, 2.45) is 17.4 Å². The van der Waals surface area contributed by atoms with E-state index in [-0.39, 0.29) is 12.3 Å². The number of carbonyl (C=O) groups excluding carboxylic acids is 3. The third-order valence-electron chi connectivity index (χ3n) is 4.45. The first kappa shape index (κ1) is 29.2. The lowest BCUT2D eigenvalue weighted by molar-refractivity contribution is -0.144. The molecule has 4 atom stereocenters. The third kappa shape index (κ3) is 11.6. The Hall–Kier alpha value is -2.77. The van der Waals surface area contributed by atoms with Crippen LogP contribution in [0.15, 0.2) is 0 Å². The Morgan fingerprint density at radius 2 is 1.38 bits per heavy atom. The van der Waals surface area contributed by atoms with Gasteiger partial charge < -0.3 is 42.7 Å². The number of carboxylic acids is 2. The second kappa shape index (κ2) is 15.1. The van der Waals surface area contributed by atoms with Crippen molar-refractivity contribution in [2.75, 3.05) is 13.2 Å². The second-order valence-corrected chi connectivity index (χ2v) is 7.82. The molecule has 0 aliphatic rings. The fraction of sp³-hybridized carbons (Fsp3) is 0.737. The van der Waals surface area contributed by atoms with E-state index in [1.807, 2.05) is 13.8 Å². The molecule has 0 fully saturated rings. The molecule has 0 aliphatic heterocycles. The number of hydrogen-bond donors (Lipinski definition) is 8. The lowest BCUT2D eigenvalue weighted by Gasteiger charge is -2.24. The third-order valence-corrected chi connectivity index (χ3v) is 4.45. The molecule has 13 nitrogen and oxygen atoms in total. The Kier molecular flexibility index (Phi) is 13.8. The molecule has 0 saturated carbocycles. The molecule has 0 saturated heterocycles. The van der Waals surface area contributed by atoms with E-state index in [1.165, 1.54) is 0 Å². The van der Waals surface area contributed by atoms with Crippen molar-refractivity contribution in [2.45, 2.75) is 70.1 Å². The molecular weight excluding hydrogens is 426 g/mol. The van der Waals surface area contributed by atoms with E-state index in [4.69, 9.17) is 16.6 Å². The first-order chi connectivity index (χ1) is 14.9. The summed E-state index contributed by atoms with van der Waals surface area (Å²) >= 11 is 0. The van der Waals surface area contributed by atoms with Crippen molar-refractivity contribution in [3.05, 3.63) is 0 Å². The van der Waals surface area contributed by atoms with Gasteiger partial charge in [0, 0.05) is 0 Å². The summed E-state index contributed by atoms with van der Waals surface area (Å²) in [5.74, 6) is -5.39. The molecule has 3 amide bonds. The average Bonchev–Trinajstić information content (AvgIpc) is 2.69. The Bertz CT molecular complexity index is 658. The van der Waals surface area contributed by atoms with Gasteiger partial charge >= 0.3 is 11.9 Å². The van der Waals surface area contributed by atoms with Crippen LogP contribution in [-0.4, -0.2) is 82.3 Å². The lowest BCUT2D eigenvalue weighted by Crippen LogP contribution is -2.58. The monoisotopic (exact) mass is 461 g/mol. The predicted molar refractivity (Wildman–Crippen MR) is 113 cm³/mol. The quantitative estimate of drug-likeness (QED) is 0.112. The van der Waals surface area contributed by atoms with Gasteiger partial charge in [-0.15, -0.1) is 0 Å². The van der Waals surface area contributed by atoms with Gasteiger partial charge in [0.1, 0.15) is 18.1 Å². The zero-order valence-electron chi connectivity index (χ0n) is 18.4. The van der Waals surface area contributed by atoms with Crippen molar-refractivity contribution < 1.29 is 39.3 Å². The zero-order valence-corrected chi connectivity index (χ0v) is 18.4. The maximum atomic E-state index is 12.5. The largest absolute Gasteiger partial charge is 0.481 e. The maximum absolute atomic E-state index is 12.5. The Balaban J connectivity index is 5.22. The minimum Gasteiger partial charge on any atom is -0.481 e. The van der Waals surface area contributed by atoms with E-state index in [0.29, 0.717) is 25.8 Å². The van der Waals surface area contributed by atoms with Gasteiger partial charge in [0.15, 0.2) is 0 Å². The number of nitrogens with two attached hydrogens (primary N) is 2. The van der Waals surface area contributed by atoms with Gasteiger partial charge in [-0.1, -0.05) is 13.8 Å². The van der Waals surface area contributed by atoms with Gasteiger partial charge in [-0.25, -0.2) is 4.79 Å². The van der Waals surface area contributed by atoms with E-state index in [9.17, 15) is 34.2 Å². The second-order valence-electron chi connectivity index (χ2n) is 7.82. The molecule has 0 bridgehead atoms. The lowest BCUT2D eigenvalue weighted by atomic mass is 10.0. The molecule has 0 heterocycles. The number of aliphatic hydroxyl groups is 1. The summed E-state index contributed by atoms with van der Waals surface area (Å²) in [5, 5.41) is 34.4. The molecule has 0 aromatic carbocycles. The molecule has 32 heavy (non-hydrogen) atoms. The van der Waals surface area contributed by atoms with Crippen LogP contribution in [0.1, 0.15) is 46.0 Å². The van der Waals surface area contributed by atoms with E-state index in [0.717, 1.165) is 0 Å². The molecule has 184 valence electrons. The number of unbranched alkanes of at least 4 members (excludes halogenated alkanes) is 1. The van der Waals surface area contributed by atoms with Crippen molar-refractivity contribution in [3.8, 4) is 0 Å². The normalized spacial score (nSPS) is 14.7. The number of hydrogen-bond acceptors (Lipinski definition) is 8. The first-order valence-corrected chi connectivity index (χ1v) is 10.3. The van der Waals surface area contributed by atoms with Gasteiger partial charge in [-0.05, 0) is 38.1 Å². The number of carboxylic acid groups (broad SMARTS) is 2. The number of aliphatic carboxylic acids is 2. The minimum absolute atomic E-state index is 0.0646. The number of carbonyl (C=O) groups is 5. The minimum atomic E-state index is -1.63. The highest BCUT2D eigenvalue weighted by atomic mass is 16.4. The van der Waals surface area contributed by atoms with Crippen LogP contribution in [0.4, 0.5) is 0 Å². The summed E-state index contributed by atoms with van der Waals surface area (Å²) in [6, 6.07) is -5.35. The Morgan fingerprint density at radius 3 is 1.84 bits per heavy atom. The van der Waals surface area contributed by atoms with E-state index < -0.39 is 66.9 Å². The summed E-state index contributed by atoms with van der Waals surface area (Å²) in [6.45, 7) is 3.20. The van der Waals surface area contributed by atoms with Gasteiger partial charge in [-0.2, -0.15) is 0 Å². The summed E-state index contributed by atoms with van der Waals surface area (Å²) in [6.07, 6.45) is 0.502. The highest BCUT2D eigenvalue weighted by Gasteiger charge is 2.31. The molecule has 0 spiro atoms. The number of amides is 3. The fourth-order valence-electron chi connectivity index (χ4n) is 2.77. The number of rotatable bonds is 16.